The van der Waals surface area contributed by atoms with Crippen molar-refractivity contribution in [1.82, 2.24) is 5.32 Å². The fourth-order valence-electron chi connectivity index (χ4n) is 1.61. The average Bonchev–Trinajstić information content (AvgIpc) is 3.19. The lowest BCUT2D eigenvalue weighted by molar-refractivity contribution is -0.384. The monoisotopic (exact) mass is 250 g/mol. The Balaban J connectivity index is 2.18. The van der Waals surface area contributed by atoms with Gasteiger partial charge in [0, 0.05) is 18.7 Å². The first-order valence-corrected chi connectivity index (χ1v) is 5.65. The summed E-state index contributed by atoms with van der Waals surface area (Å²) in [7, 11) is 0. The van der Waals surface area contributed by atoms with Crippen molar-refractivity contribution in [3.63, 3.8) is 0 Å². The Bertz CT molecular complexity index is 485. The number of nitrogens with zero attached hydrogens (tertiary/aromatic N) is 1. The van der Waals surface area contributed by atoms with Crippen LogP contribution in [0, 0.1) is 16.0 Å². The highest BCUT2D eigenvalue weighted by Gasteiger charge is 2.23. The maximum atomic E-state index is 11.9. The fraction of sp³-hybridized carbons (Fsp3) is 0.364. The number of carbonyl (C=O) groups is 1. The van der Waals surface area contributed by atoms with Crippen LogP contribution >= 0.6 is 0 Å². The predicted molar refractivity (Wildman–Crippen MR) is 66.0 cm³/mol. The summed E-state index contributed by atoms with van der Waals surface area (Å²) < 4.78 is 0. The number of non-ortho nitro benzene ring substituents is 1. The molecule has 2 rings (SSSR count). The zero-order chi connectivity index (χ0) is 13.1. The Morgan fingerprint density at radius 1 is 1.50 bits per heavy atom. The quantitative estimate of drug-likeness (QED) is 0.410. The topological polar surface area (TPSA) is 110 Å². The number of hydrazine groups is 1. The van der Waals surface area contributed by atoms with Crippen LogP contribution in [0.1, 0.15) is 23.2 Å². The maximum absolute atomic E-state index is 11.9. The number of carbonyl (C=O) groups excluding carboxylic acids is 1. The molecule has 0 radical (unpaired) electrons. The molecule has 0 unspecified atom stereocenters. The van der Waals surface area contributed by atoms with E-state index in [2.05, 4.69) is 10.7 Å². The van der Waals surface area contributed by atoms with Crippen LogP contribution in [0.4, 0.5) is 11.4 Å². The molecule has 1 fully saturated rings. The third-order valence-electron chi connectivity index (χ3n) is 2.86. The van der Waals surface area contributed by atoms with Gasteiger partial charge in [0.1, 0.15) is 0 Å². The number of anilines is 1. The van der Waals surface area contributed by atoms with E-state index >= 15 is 0 Å². The number of rotatable bonds is 5. The van der Waals surface area contributed by atoms with Crippen LogP contribution in [-0.4, -0.2) is 17.4 Å². The SMILES string of the molecule is NNc1ccc([N+](=O)[O-])cc1C(=O)NCC1CC1. The molecule has 0 spiro atoms. The third-order valence-corrected chi connectivity index (χ3v) is 2.86. The van der Waals surface area contributed by atoms with Gasteiger partial charge in [-0.2, -0.15) is 0 Å². The van der Waals surface area contributed by atoms with Crippen molar-refractivity contribution in [2.75, 3.05) is 12.0 Å². The summed E-state index contributed by atoms with van der Waals surface area (Å²) in [5.41, 5.74) is 2.79. The molecular weight excluding hydrogens is 236 g/mol. The smallest absolute Gasteiger partial charge is 0.270 e. The number of hydrogen-bond donors (Lipinski definition) is 3. The van der Waals surface area contributed by atoms with Crippen LogP contribution < -0.4 is 16.6 Å². The molecule has 1 aliphatic carbocycles. The van der Waals surface area contributed by atoms with Gasteiger partial charge >= 0.3 is 0 Å². The second-order valence-corrected chi connectivity index (χ2v) is 4.28. The van der Waals surface area contributed by atoms with Gasteiger partial charge in [0.2, 0.25) is 0 Å². The Morgan fingerprint density at radius 3 is 2.78 bits per heavy atom. The van der Waals surface area contributed by atoms with Gasteiger partial charge in [-0.1, -0.05) is 0 Å². The van der Waals surface area contributed by atoms with Crippen molar-refractivity contribution in [1.29, 1.82) is 0 Å². The number of nitrogen functional groups attached to an aromatic ring is 1. The lowest BCUT2D eigenvalue weighted by Gasteiger charge is -2.09. The molecule has 0 saturated heterocycles. The zero-order valence-corrected chi connectivity index (χ0v) is 9.68. The Morgan fingerprint density at radius 2 is 2.22 bits per heavy atom. The highest BCUT2D eigenvalue weighted by Crippen LogP contribution is 2.28. The number of nitrogens with one attached hydrogen (secondary N) is 2. The first kappa shape index (κ1) is 12.3. The predicted octanol–water partition coefficient (Wildman–Crippen LogP) is 1.02. The Hall–Kier alpha value is -2.15. The normalized spacial score (nSPS) is 14.1. The molecule has 0 aliphatic heterocycles. The molecular formula is C11H14N4O3. The number of nitro groups is 1. The maximum Gasteiger partial charge on any atom is 0.270 e. The van der Waals surface area contributed by atoms with E-state index < -0.39 is 4.92 Å². The molecule has 1 aromatic carbocycles. The van der Waals surface area contributed by atoms with Crippen LogP contribution in [0.25, 0.3) is 0 Å². The molecule has 0 heterocycles. The summed E-state index contributed by atoms with van der Waals surface area (Å²) in [6.07, 6.45) is 2.24. The van der Waals surface area contributed by atoms with Gasteiger partial charge in [-0.3, -0.25) is 20.8 Å². The summed E-state index contributed by atoms with van der Waals surface area (Å²) in [4.78, 5) is 22.0. The van der Waals surface area contributed by atoms with E-state index in [4.69, 9.17) is 5.84 Å². The minimum atomic E-state index is -0.544. The van der Waals surface area contributed by atoms with Crippen molar-refractivity contribution in [2.24, 2.45) is 11.8 Å². The van der Waals surface area contributed by atoms with Crippen LogP contribution in [0.5, 0.6) is 0 Å². The van der Waals surface area contributed by atoms with E-state index in [1.807, 2.05) is 0 Å². The van der Waals surface area contributed by atoms with Crippen LogP contribution in [0.2, 0.25) is 0 Å². The molecule has 0 bridgehead atoms. The molecule has 96 valence electrons. The number of benzene rings is 1. The molecule has 7 heteroatoms. The molecule has 1 amide bonds. The van der Waals surface area contributed by atoms with Gasteiger partial charge in [0.15, 0.2) is 0 Å². The summed E-state index contributed by atoms with van der Waals surface area (Å²) in [5.74, 6) is 5.48. The van der Waals surface area contributed by atoms with Gasteiger partial charge in [-0.05, 0) is 24.8 Å². The van der Waals surface area contributed by atoms with Crippen molar-refractivity contribution in [2.45, 2.75) is 12.8 Å². The van der Waals surface area contributed by atoms with Crippen molar-refractivity contribution in [3.8, 4) is 0 Å². The van der Waals surface area contributed by atoms with Crippen molar-refractivity contribution in [3.05, 3.63) is 33.9 Å². The van der Waals surface area contributed by atoms with Crippen LogP contribution in [0.15, 0.2) is 18.2 Å². The number of nitrogens with two attached hydrogens (primary N) is 1. The molecule has 1 aliphatic rings. The van der Waals surface area contributed by atoms with E-state index in [0.29, 0.717) is 18.2 Å². The third kappa shape index (κ3) is 2.75. The van der Waals surface area contributed by atoms with Crippen molar-refractivity contribution >= 4 is 17.3 Å². The van der Waals surface area contributed by atoms with E-state index in [0.717, 1.165) is 12.8 Å². The highest BCUT2D eigenvalue weighted by molar-refractivity contribution is 6.00. The minimum Gasteiger partial charge on any atom is -0.352 e. The fourth-order valence-corrected chi connectivity index (χ4v) is 1.61. The van der Waals surface area contributed by atoms with Gasteiger partial charge in [-0.15, -0.1) is 0 Å². The van der Waals surface area contributed by atoms with E-state index in [9.17, 15) is 14.9 Å². The van der Waals surface area contributed by atoms with E-state index in [1.54, 1.807) is 0 Å². The van der Waals surface area contributed by atoms with E-state index in [-0.39, 0.29) is 17.2 Å². The largest absolute Gasteiger partial charge is 0.352 e. The minimum absolute atomic E-state index is 0.134. The summed E-state index contributed by atoms with van der Waals surface area (Å²) in [6.45, 7) is 0.603. The average molecular weight is 250 g/mol. The molecule has 1 saturated carbocycles. The molecule has 7 nitrogen and oxygen atoms in total. The lowest BCUT2D eigenvalue weighted by atomic mass is 10.1. The lowest BCUT2D eigenvalue weighted by Crippen LogP contribution is -2.27. The van der Waals surface area contributed by atoms with Gasteiger partial charge in [-0.25, -0.2) is 0 Å². The number of amides is 1. The molecule has 0 aromatic heterocycles. The standard InChI is InChI=1S/C11H14N4O3/c12-14-10-4-3-8(15(17)18)5-9(10)11(16)13-6-7-1-2-7/h3-5,7,14H,1-2,6,12H2,(H,13,16). The Labute approximate surface area is 103 Å². The van der Waals surface area contributed by atoms with Crippen molar-refractivity contribution < 1.29 is 9.72 Å². The second kappa shape index (κ2) is 5.01. The van der Waals surface area contributed by atoms with Gasteiger partial charge in [0.25, 0.3) is 11.6 Å². The Kier molecular flexibility index (Phi) is 3.42. The van der Waals surface area contributed by atoms with Gasteiger partial charge < -0.3 is 10.7 Å². The zero-order valence-electron chi connectivity index (χ0n) is 9.68. The van der Waals surface area contributed by atoms with Crippen LogP contribution in [0.3, 0.4) is 0 Å². The van der Waals surface area contributed by atoms with Crippen LogP contribution in [-0.2, 0) is 0 Å². The summed E-state index contributed by atoms with van der Waals surface area (Å²) >= 11 is 0. The molecule has 18 heavy (non-hydrogen) atoms. The summed E-state index contributed by atoms with van der Waals surface area (Å²) in [5, 5.41) is 13.4. The molecule has 1 aromatic rings. The first-order valence-electron chi connectivity index (χ1n) is 5.65. The van der Waals surface area contributed by atoms with Gasteiger partial charge in [0.05, 0.1) is 16.2 Å². The van der Waals surface area contributed by atoms with E-state index in [1.165, 1.54) is 18.2 Å². The number of hydrogen-bond acceptors (Lipinski definition) is 5. The molecule has 4 N–H and O–H groups in total. The first-order chi connectivity index (χ1) is 8.61. The second-order valence-electron chi connectivity index (χ2n) is 4.28. The highest BCUT2D eigenvalue weighted by atomic mass is 16.6. The molecule has 0 atom stereocenters. The summed E-state index contributed by atoms with van der Waals surface area (Å²) in [6, 6.07) is 3.94. The number of nitro benzene ring substituents is 1.